The van der Waals surface area contributed by atoms with Crippen molar-refractivity contribution in [2.24, 2.45) is 5.92 Å². The van der Waals surface area contributed by atoms with Gasteiger partial charge in [-0.1, -0.05) is 42.5 Å². The van der Waals surface area contributed by atoms with E-state index in [1.54, 1.807) is 0 Å². The van der Waals surface area contributed by atoms with Crippen LogP contribution < -0.4 is 0 Å². The standard InChI is InChI=1S/C22H24F3NO.ClH/c1-26-11-9-16(10-12-26)13-17-5-4-6-18(14-17)15-21(27)19-7-2-3-8-20(19)22(23,24)25;/h2-8,14,16H,9-13,15H2,1H3;1H. The van der Waals surface area contributed by atoms with Crippen molar-refractivity contribution in [1.82, 2.24) is 4.90 Å². The van der Waals surface area contributed by atoms with E-state index in [-0.39, 0.29) is 24.4 Å². The van der Waals surface area contributed by atoms with E-state index >= 15 is 0 Å². The SMILES string of the molecule is CN1CCC(Cc2cccc(CC(=O)c3ccccc3C(F)(F)F)c2)CC1.Cl. The topological polar surface area (TPSA) is 20.3 Å². The van der Waals surface area contributed by atoms with Crippen LogP contribution in [0.15, 0.2) is 48.5 Å². The molecule has 0 spiro atoms. The number of Topliss-reactive ketones (excluding diaryl/α,β-unsaturated/α-hetero) is 1. The number of piperidine rings is 1. The molecule has 1 aliphatic rings. The second-order valence-electron chi connectivity index (χ2n) is 7.41. The summed E-state index contributed by atoms with van der Waals surface area (Å²) >= 11 is 0. The number of benzene rings is 2. The number of carbonyl (C=O) groups excluding carboxylic acids is 1. The maximum absolute atomic E-state index is 13.1. The molecule has 0 unspecified atom stereocenters. The molecule has 0 bridgehead atoms. The minimum atomic E-state index is -4.53. The van der Waals surface area contributed by atoms with Gasteiger partial charge in [0.15, 0.2) is 5.78 Å². The lowest BCUT2D eigenvalue weighted by molar-refractivity contribution is -0.137. The van der Waals surface area contributed by atoms with E-state index in [1.165, 1.54) is 18.2 Å². The van der Waals surface area contributed by atoms with Gasteiger partial charge in [-0.05, 0) is 62.5 Å². The summed E-state index contributed by atoms with van der Waals surface area (Å²) < 4.78 is 39.4. The Bertz CT molecular complexity index is 798. The van der Waals surface area contributed by atoms with E-state index in [4.69, 9.17) is 0 Å². The third kappa shape index (κ3) is 5.82. The highest BCUT2D eigenvalue weighted by atomic mass is 35.5. The first kappa shape index (κ1) is 22.4. The first-order valence-corrected chi connectivity index (χ1v) is 9.28. The molecule has 0 atom stereocenters. The third-order valence-electron chi connectivity index (χ3n) is 5.25. The molecule has 0 N–H and O–H groups in total. The molecule has 1 aliphatic heterocycles. The number of hydrogen-bond donors (Lipinski definition) is 0. The summed E-state index contributed by atoms with van der Waals surface area (Å²) in [7, 11) is 2.13. The Morgan fingerprint density at radius 1 is 1.04 bits per heavy atom. The van der Waals surface area contributed by atoms with Crippen LogP contribution in [0.3, 0.4) is 0 Å². The first-order valence-electron chi connectivity index (χ1n) is 9.28. The van der Waals surface area contributed by atoms with Crippen molar-refractivity contribution >= 4 is 18.2 Å². The summed E-state index contributed by atoms with van der Waals surface area (Å²) in [6.07, 6.45) is -1.29. The second-order valence-corrected chi connectivity index (χ2v) is 7.41. The van der Waals surface area contributed by atoms with Crippen molar-refractivity contribution < 1.29 is 18.0 Å². The number of nitrogens with zero attached hydrogens (tertiary/aromatic N) is 1. The lowest BCUT2D eigenvalue weighted by Crippen LogP contribution is -2.30. The highest BCUT2D eigenvalue weighted by molar-refractivity contribution is 5.99. The van der Waals surface area contributed by atoms with E-state index in [9.17, 15) is 18.0 Å². The average Bonchev–Trinajstić information content (AvgIpc) is 2.63. The highest BCUT2D eigenvalue weighted by Gasteiger charge is 2.34. The molecule has 0 aliphatic carbocycles. The van der Waals surface area contributed by atoms with Crippen LogP contribution >= 0.6 is 12.4 Å². The zero-order valence-electron chi connectivity index (χ0n) is 15.8. The lowest BCUT2D eigenvalue weighted by atomic mass is 9.89. The van der Waals surface area contributed by atoms with Crippen LogP contribution in [0.2, 0.25) is 0 Å². The summed E-state index contributed by atoms with van der Waals surface area (Å²) in [5.41, 5.74) is 0.796. The molecule has 2 aromatic carbocycles. The molecule has 2 nitrogen and oxygen atoms in total. The number of carbonyl (C=O) groups is 1. The maximum Gasteiger partial charge on any atom is 0.417 e. The van der Waals surface area contributed by atoms with Crippen LogP contribution in [0, 0.1) is 5.92 Å². The Balaban J connectivity index is 0.00000280. The molecule has 152 valence electrons. The predicted octanol–water partition coefficient (Wildman–Crippen LogP) is 5.44. The van der Waals surface area contributed by atoms with Gasteiger partial charge in [-0.2, -0.15) is 13.2 Å². The summed E-state index contributed by atoms with van der Waals surface area (Å²) in [5.74, 6) is 0.123. The van der Waals surface area contributed by atoms with E-state index in [0.717, 1.165) is 49.5 Å². The number of likely N-dealkylation sites (tertiary alicyclic amines) is 1. The van der Waals surface area contributed by atoms with Gasteiger partial charge in [0.05, 0.1) is 5.56 Å². The average molecular weight is 412 g/mol. The van der Waals surface area contributed by atoms with Crippen molar-refractivity contribution in [2.45, 2.75) is 31.9 Å². The lowest BCUT2D eigenvalue weighted by Gasteiger charge is -2.29. The van der Waals surface area contributed by atoms with Gasteiger partial charge in [0.1, 0.15) is 0 Å². The Morgan fingerprint density at radius 3 is 2.36 bits per heavy atom. The Labute approximate surface area is 170 Å². The molecule has 6 heteroatoms. The van der Waals surface area contributed by atoms with Crippen LogP contribution in [0.4, 0.5) is 13.2 Å². The molecular weight excluding hydrogens is 387 g/mol. The Kier molecular flexibility index (Phi) is 7.67. The number of ketones is 1. The fourth-order valence-electron chi connectivity index (χ4n) is 3.72. The molecule has 28 heavy (non-hydrogen) atoms. The molecule has 1 heterocycles. The molecule has 0 saturated carbocycles. The molecule has 0 aromatic heterocycles. The van der Waals surface area contributed by atoms with Crippen molar-refractivity contribution in [3.8, 4) is 0 Å². The van der Waals surface area contributed by atoms with Gasteiger partial charge in [0, 0.05) is 12.0 Å². The number of rotatable bonds is 5. The molecule has 1 fully saturated rings. The van der Waals surface area contributed by atoms with Crippen LogP contribution in [0.25, 0.3) is 0 Å². The fraction of sp³-hybridized carbons (Fsp3) is 0.409. The van der Waals surface area contributed by atoms with Crippen LogP contribution in [0.1, 0.15) is 39.9 Å². The summed E-state index contributed by atoms with van der Waals surface area (Å²) in [4.78, 5) is 14.8. The van der Waals surface area contributed by atoms with Crippen LogP contribution in [0.5, 0.6) is 0 Å². The largest absolute Gasteiger partial charge is 0.417 e. The minimum Gasteiger partial charge on any atom is -0.306 e. The van der Waals surface area contributed by atoms with Crippen molar-refractivity contribution in [3.05, 3.63) is 70.8 Å². The van der Waals surface area contributed by atoms with E-state index in [1.807, 2.05) is 24.3 Å². The van der Waals surface area contributed by atoms with Gasteiger partial charge < -0.3 is 4.90 Å². The van der Waals surface area contributed by atoms with Gasteiger partial charge >= 0.3 is 6.18 Å². The second kappa shape index (κ2) is 9.57. The molecular formula is C22H25ClF3NO. The molecule has 2 aromatic rings. The minimum absolute atomic E-state index is 0. The van der Waals surface area contributed by atoms with Crippen LogP contribution in [-0.4, -0.2) is 30.8 Å². The Morgan fingerprint density at radius 2 is 1.68 bits per heavy atom. The number of halogens is 4. The Hall–Kier alpha value is -1.85. The first-order chi connectivity index (χ1) is 12.8. The smallest absolute Gasteiger partial charge is 0.306 e. The van der Waals surface area contributed by atoms with E-state index < -0.39 is 17.5 Å². The number of alkyl halides is 3. The molecule has 3 rings (SSSR count). The van der Waals surface area contributed by atoms with E-state index in [2.05, 4.69) is 11.9 Å². The van der Waals surface area contributed by atoms with Gasteiger partial charge in [-0.25, -0.2) is 0 Å². The predicted molar refractivity (Wildman–Crippen MR) is 107 cm³/mol. The third-order valence-corrected chi connectivity index (χ3v) is 5.25. The van der Waals surface area contributed by atoms with Crippen molar-refractivity contribution in [3.63, 3.8) is 0 Å². The van der Waals surface area contributed by atoms with Gasteiger partial charge in [-0.3, -0.25) is 4.79 Å². The summed E-state index contributed by atoms with van der Waals surface area (Å²) in [6, 6.07) is 12.7. The van der Waals surface area contributed by atoms with Crippen molar-refractivity contribution in [1.29, 1.82) is 0 Å². The van der Waals surface area contributed by atoms with Gasteiger partial charge in [-0.15, -0.1) is 12.4 Å². The molecule has 0 radical (unpaired) electrons. The zero-order chi connectivity index (χ0) is 19.4. The number of hydrogen-bond acceptors (Lipinski definition) is 2. The zero-order valence-corrected chi connectivity index (χ0v) is 16.7. The highest BCUT2D eigenvalue weighted by Crippen LogP contribution is 2.32. The van der Waals surface area contributed by atoms with E-state index in [0.29, 0.717) is 5.92 Å². The van der Waals surface area contributed by atoms with Crippen LogP contribution in [-0.2, 0) is 19.0 Å². The summed E-state index contributed by atoms with van der Waals surface area (Å²) in [5, 5.41) is 0. The van der Waals surface area contributed by atoms with Gasteiger partial charge in [0.25, 0.3) is 0 Å². The van der Waals surface area contributed by atoms with Crippen molar-refractivity contribution in [2.75, 3.05) is 20.1 Å². The normalized spacial score (nSPS) is 15.9. The molecule has 1 saturated heterocycles. The summed E-state index contributed by atoms with van der Waals surface area (Å²) in [6.45, 7) is 2.19. The quantitative estimate of drug-likeness (QED) is 0.611. The van der Waals surface area contributed by atoms with Gasteiger partial charge in [0.2, 0.25) is 0 Å². The molecule has 0 amide bonds. The fourth-order valence-corrected chi connectivity index (χ4v) is 3.72. The monoisotopic (exact) mass is 411 g/mol. The maximum atomic E-state index is 13.1.